The van der Waals surface area contributed by atoms with Gasteiger partial charge in [0.2, 0.25) is 0 Å². The molecule has 0 amide bonds. The van der Waals surface area contributed by atoms with Crippen LogP contribution in [0, 0.1) is 11.3 Å². The summed E-state index contributed by atoms with van der Waals surface area (Å²) >= 11 is 0. The zero-order valence-corrected chi connectivity index (χ0v) is 9.74. The Morgan fingerprint density at radius 2 is 2.18 bits per heavy atom. The van der Waals surface area contributed by atoms with Gasteiger partial charge in [-0.2, -0.15) is 0 Å². The summed E-state index contributed by atoms with van der Waals surface area (Å²) in [5.74, 6) is -0.247. The Hall–Kier alpha value is -1.84. The Labute approximate surface area is 97.6 Å². The molecule has 0 spiro atoms. The quantitative estimate of drug-likeness (QED) is 0.807. The molecular weight excluding hydrogens is 218 g/mol. The molecule has 1 aliphatic rings. The van der Waals surface area contributed by atoms with Crippen LogP contribution in [0.5, 0.6) is 0 Å². The van der Waals surface area contributed by atoms with Gasteiger partial charge in [-0.1, -0.05) is 13.8 Å². The minimum Gasteiger partial charge on any atom is -0.408 e. The molecule has 4 nitrogen and oxygen atoms in total. The van der Waals surface area contributed by atoms with Gasteiger partial charge in [-0.15, -0.1) is 0 Å². The van der Waals surface area contributed by atoms with Gasteiger partial charge in [0, 0.05) is 11.5 Å². The van der Waals surface area contributed by atoms with Crippen LogP contribution in [0.25, 0.3) is 11.1 Å². The van der Waals surface area contributed by atoms with Crippen molar-refractivity contribution < 1.29 is 9.21 Å². The summed E-state index contributed by atoms with van der Waals surface area (Å²) in [7, 11) is 0. The van der Waals surface area contributed by atoms with E-state index in [2.05, 4.69) is 18.8 Å². The molecule has 1 heterocycles. The topological polar surface area (TPSA) is 63.1 Å². The summed E-state index contributed by atoms with van der Waals surface area (Å²) < 4.78 is 4.95. The smallest absolute Gasteiger partial charge is 0.408 e. The Kier molecular flexibility index (Phi) is 1.88. The normalized spacial score (nSPS) is 21.6. The lowest BCUT2D eigenvalue weighted by atomic mass is 10.0. The predicted molar refractivity (Wildman–Crippen MR) is 63.1 cm³/mol. The maximum atomic E-state index is 12.1. The minimum atomic E-state index is -0.489. The number of rotatable bonds is 2. The van der Waals surface area contributed by atoms with Crippen LogP contribution in [0.2, 0.25) is 0 Å². The standard InChI is InChI=1S/C13H13NO3/c1-13(2)6-8(13)11(15)7-3-4-9-10(5-7)17-12(16)14-9/h3-5,8H,6H2,1-2H3,(H,14,16). The Morgan fingerprint density at radius 1 is 1.47 bits per heavy atom. The van der Waals surface area contributed by atoms with Crippen LogP contribution in [-0.4, -0.2) is 10.8 Å². The number of benzene rings is 1. The molecule has 3 rings (SSSR count). The molecule has 1 atom stereocenters. The average Bonchev–Trinajstić information content (AvgIpc) is 2.73. The summed E-state index contributed by atoms with van der Waals surface area (Å²) in [5.41, 5.74) is 1.81. The van der Waals surface area contributed by atoms with Gasteiger partial charge in [0.15, 0.2) is 11.4 Å². The number of hydrogen-bond donors (Lipinski definition) is 1. The van der Waals surface area contributed by atoms with Crippen molar-refractivity contribution in [2.45, 2.75) is 20.3 Å². The van der Waals surface area contributed by atoms with Crippen molar-refractivity contribution in [3.8, 4) is 0 Å². The molecule has 17 heavy (non-hydrogen) atoms. The molecule has 1 fully saturated rings. The van der Waals surface area contributed by atoms with Crippen LogP contribution in [-0.2, 0) is 0 Å². The van der Waals surface area contributed by atoms with Crippen LogP contribution in [0.4, 0.5) is 0 Å². The lowest BCUT2D eigenvalue weighted by Crippen LogP contribution is -2.06. The van der Waals surface area contributed by atoms with E-state index in [1.165, 1.54) is 0 Å². The highest BCUT2D eigenvalue weighted by Gasteiger charge is 2.50. The molecule has 1 aliphatic carbocycles. The molecule has 1 aromatic carbocycles. The number of hydrogen-bond acceptors (Lipinski definition) is 3. The molecule has 1 unspecified atom stereocenters. The van der Waals surface area contributed by atoms with Crippen LogP contribution in [0.15, 0.2) is 27.4 Å². The molecule has 2 aromatic rings. The van der Waals surface area contributed by atoms with E-state index in [-0.39, 0.29) is 17.1 Å². The third-order valence-electron chi connectivity index (χ3n) is 3.54. The molecule has 1 saturated carbocycles. The first kappa shape index (κ1) is 10.3. The first-order valence-corrected chi connectivity index (χ1v) is 5.64. The summed E-state index contributed by atoms with van der Waals surface area (Å²) in [4.78, 5) is 25.7. The van der Waals surface area contributed by atoms with Crippen LogP contribution < -0.4 is 5.76 Å². The van der Waals surface area contributed by atoms with Crippen molar-refractivity contribution in [2.75, 3.05) is 0 Å². The maximum Gasteiger partial charge on any atom is 0.417 e. The van der Waals surface area contributed by atoms with Crippen LogP contribution >= 0.6 is 0 Å². The van der Waals surface area contributed by atoms with Crippen LogP contribution in [0.1, 0.15) is 30.6 Å². The first-order valence-electron chi connectivity index (χ1n) is 5.64. The largest absolute Gasteiger partial charge is 0.417 e. The van der Waals surface area contributed by atoms with Gasteiger partial charge in [-0.05, 0) is 30.0 Å². The van der Waals surface area contributed by atoms with Gasteiger partial charge in [0.05, 0.1) is 5.52 Å². The van der Waals surface area contributed by atoms with E-state index in [1.807, 2.05) is 0 Å². The Morgan fingerprint density at radius 3 is 2.82 bits per heavy atom. The second-order valence-corrected chi connectivity index (χ2v) is 5.34. The summed E-state index contributed by atoms with van der Waals surface area (Å²) in [6, 6.07) is 5.09. The summed E-state index contributed by atoms with van der Waals surface area (Å²) in [5, 5.41) is 0. The molecule has 4 heteroatoms. The van der Waals surface area contributed by atoms with E-state index < -0.39 is 5.76 Å². The zero-order chi connectivity index (χ0) is 12.2. The third kappa shape index (κ3) is 1.60. The second-order valence-electron chi connectivity index (χ2n) is 5.34. The Bertz CT molecular complexity index is 663. The molecule has 1 N–H and O–H groups in total. The van der Waals surface area contributed by atoms with Gasteiger partial charge in [0.1, 0.15) is 0 Å². The Balaban J connectivity index is 2.01. The molecule has 0 saturated heterocycles. The van der Waals surface area contributed by atoms with E-state index in [0.717, 1.165) is 6.42 Å². The zero-order valence-electron chi connectivity index (χ0n) is 9.74. The molecule has 88 valence electrons. The number of aromatic nitrogens is 1. The fraction of sp³-hybridized carbons (Fsp3) is 0.385. The fourth-order valence-electron chi connectivity index (χ4n) is 2.21. The molecule has 1 aromatic heterocycles. The number of H-pyrrole nitrogens is 1. The number of carbonyl (C=O) groups is 1. The van der Waals surface area contributed by atoms with Gasteiger partial charge in [-0.3, -0.25) is 9.78 Å². The highest BCUT2D eigenvalue weighted by atomic mass is 16.4. The summed E-state index contributed by atoms with van der Waals surface area (Å²) in [6.45, 7) is 4.18. The predicted octanol–water partition coefficient (Wildman–Crippen LogP) is 2.35. The van der Waals surface area contributed by atoms with Gasteiger partial charge in [0.25, 0.3) is 0 Å². The SMILES string of the molecule is CC1(C)CC1C(=O)c1ccc2[nH]c(=O)oc2c1. The minimum absolute atomic E-state index is 0.102. The van der Waals surface area contributed by atoms with Crippen molar-refractivity contribution in [3.05, 3.63) is 34.3 Å². The number of fused-ring (bicyclic) bond motifs is 1. The van der Waals surface area contributed by atoms with E-state index >= 15 is 0 Å². The van der Waals surface area contributed by atoms with Crippen molar-refractivity contribution in [2.24, 2.45) is 11.3 Å². The molecule has 0 radical (unpaired) electrons. The van der Waals surface area contributed by atoms with Crippen molar-refractivity contribution in [1.29, 1.82) is 0 Å². The number of carbonyl (C=O) groups excluding carboxylic acids is 1. The molecule has 0 bridgehead atoms. The van der Waals surface area contributed by atoms with Crippen LogP contribution in [0.3, 0.4) is 0 Å². The van der Waals surface area contributed by atoms with Crippen molar-refractivity contribution in [1.82, 2.24) is 4.98 Å². The van der Waals surface area contributed by atoms with Gasteiger partial charge < -0.3 is 4.42 Å². The van der Waals surface area contributed by atoms with E-state index in [0.29, 0.717) is 16.7 Å². The number of nitrogens with one attached hydrogen (secondary N) is 1. The lowest BCUT2D eigenvalue weighted by molar-refractivity contribution is 0.0953. The number of Topliss-reactive ketones (excluding diaryl/α,β-unsaturated/α-hetero) is 1. The number of aromatic amines is 1. The van der Waals surface area contributed by atoms with E-state index in [4.69, 9.17) is 4.42 Å². The monoisotopic (exact) mass is 231 g/mol. The highest BCUT2D eigenvalue weighted by molar-refractivity contribution is 6.02. The van der Waals surface area contributed by atoms with Gasteiger partial charge >= 0.3 is 5.76 Å². The fourth-order valence-corrected chi connectivity index (χ4v) is 2.21. The molecular formula is C13H13NO3. The average molecular weight is 231 g/mol. The van der Waals surface area contributed by atoms with E-state index in [9.17, 15) is 9.59 Å². The highest BCUT2D eigenvalue weighted by Crippen LogP contribution is 2.53. The van der Waals surface area contributed by atoms with Crippen molar-refractivity contribution in [3.63, 3.8) is 0 Å². The number of ketones is 1. The first-order chi connectivity index (χ1) is 7.97. The number of oxazole rings is 1. The van der Waals surface area contributed by atoms with Crippen molar-refractivity contribution >= 4 is 16.9 Å². The second kappa shape index (κ2) is 3.09. The maximum absolute atomic E-state index is 12.1. The summed E-state index contributed by atoms with van der Waals surface area (Å²) in [6.07, 6.45) is 0.932. The lowest BCUT2D eigenvalue weighted by Gasteiger charge is -2.02. The molecule has 0 aliphatic heterocycles. The third-order valence-corrected chi connectivity index (χ3v) is 3.54. The van der Waals surface area contributed by atoms with E-state index in [1.54, 1.807) is 18.2 Å². The van der Waals surface area contributed by atoms with Gasteiger partial charge in [-0.25, -0.2) is 4.79 Å².